The summed E-state index contributed by atoms with van der Waals surface area (Å²) in [5, 5.41) is -0.600. The quantitative estimate of drug-likeness (QED) is 0.570. The summed E-state index contributed by atoms with van der Waals surface area (Å²) in [6.07, 6.45) is 0. The predicted octanol–water partition coefficient (Wildman–Crippen LogP) is 2.28. The first-order chi connectivity index (χ1) is 6.56. The van der Waals surface area contributed by atoms with Crippen LogP contribution in [0, 0.1) is 0 Å². The fourth-order valence-electron chi connectivity index (χ4n) is 1.07. The fourth-order valence-corrected chi connectivity index (χ4v) is 1.23. The Labute approximate surface area is 86.6 Å². The number of carbonyl (C=O) groups is 2. The minimum absolute atomic E-state index is 0.0862. The summed E-state index contributed by atoms with van der Waals surface area (Å²) in [6, 6.07) is 4.52. The number of Topliss-reactive ketones (excluding diaryl/α,β-unsaturated/α-hetero) is 1. The molecule has 0 heterocycles. The van der Waals surface area contributed by atoms with Crippen molar-refractivity contribution in [1.82, 2.24) is 0 Å². The Balaban J connectivity index is 3.25. The van der Waals surface area contributed by atoms with Gasteiger partial charge in [-0.25, -0.2) is 0 Å². The maximum Gasteiger partial charge on any atom is 0.256 e. The Morgan fingerprint density at radius 1 is 1.36 bits per heavy atom. The van der Waals surface area contributed by atoms with Gasteiger partial charge in [-0.1, -0.05) is 6.07 Å². The number of hydrogen-bond donors (Lipinski definition) is 0. The first kappa shape index (κ1) is 10.7. The highest BCUT2D eigenvalue weighted by atomic mass is 35.5. The van der Waals surface area contributed by atoms with E-state index >= 15 is 0 Å². The molecule has 4 heteroatoms. The molecule has 3 nitrogen and oxygen atoms in total. The summed E-state index contributed by atoms with van der Waals surface area (Å²) >= 11 is 5.32. The molecule has 0 amide bonds. The van der Waals surface area contributed by atoms with Crippen molar-refractivity contribution >= 4 is 22.6 Å². The molecule has 1 aromatic rings. The number of ketones is 1. The molecular formula is C10H9ClO3. The van der Waals surface area contributed by atoms with Crippen LogP contribution < -0.4 is 4.74 Å². The van der Waals surface area contributed by atoms with Crippen molar-refractivity contribution in [3.63, 3.8) is 0 Å². The van der Waals surface area contributed by atoms with Crippen LogP contribution in [0.1, 0.15) is 27.6 Å². The molecule has 74 valence electrons. The molecule has 0 unspecified atom stereocenters. The van der Waals surface area contributed by atoms with E-state index in [9.17, 15) is 9.59 Å². The van der Waals surface area contributed by atoms with E-state index < -0.39 is 5.24 Å². The van der Waals surface area contributed by atoms with Gasteiger partial charge in [0.1, 0.15) is 5.75 Å². The van der Waals surface area contributed by atoms with Gasteiger partial charge in [0.25, 0.3) is 5.24 Å². The van der Waals surface area contributed by atoms with Crippen LogP contribution in [0.3, 0.4) is 0 Å². The summed E-state index contributed by atoms with van der Waals surface area (Å²) in [5.41, 5.74) is 0.752. The average molecular weight is 213 g/mol. The van der Waals surface area contributed by atoms with Crippen molar-refractivity contribution in [2.45, 2.75) is 6.92 Å². The minimum Gasteiger partial charge on any atom is -0.496 e. The van der Waals surface area contributed by atoms with Crippen LogP contribution in [-0.4, -0.2) is 18.1 Å². The van der Waals surface area contributed by atoms with Crippen LogP contribution in [0.2, 0.25) is 0 Å². The monoisotopic (exact) mass is 212 g/mol. The van der Waals surface area contributed by atoms with E-state index in [-0.39, 0.29) is 11.3 Å². The molecule has 0 fully saturated rings. The lowest BCUT2D eigenvalue weighted by Crippen LogP contribution is -1.99. The predicted molar refractivity (Wildman–Crippen MR) is 53.2 cm³/mol. The first-order valence-corrected chi connectivity index (χ1v) is 4.33. The highest BCUT2D eigenvalue weighted by Crippen LogP contribution is 2.22. The van der Waals surface area contributed by atoms with E-state index in [1.165, 1.54) is 26.2 Å². The second-order valence-electron chi connectivity index (χ2n) is 2.74. The zero-order chi connectivity index (χ0) is 10.7. The fraction of sp³-hybridized carbons (Fsp3) is 0.200. The molecule has 0 bridgehead atoms. The largest absolute Gasteiger partial charge is 0.496 e. The first-order valence-electron chi connectivity index (χ1n) is 3.95. The molecule has 0 aliphatic rings. The highest BCUT2D eigenvalue weighted by Gasteiger charge is 2.11. The molecular weight excluding hydrogens is 204 g/mol. The van der Waals surface area contributed by atoms with Crippen molar-refractivity contribution in [1.29, 1.82) is 0 Å². The molecule has 0 aromatic heterocycles. The SMILES string of the molecule is COc1cc(C(C)=O)ccc1C(=O)Cl. The van der Waals surface area contributed by atoms with Gasteiger partial charge in [-0.15, -0.1) is 0 Å². The third-order valence-electron chi connectivity index (χ3n) is 1.82. The number of methoxy groups -OCH3 is 1. The maximum atomic E-state index is 11.0. The van der Waals surface area contributed by atoms with Gasteiger partial charge in [0, 0.05) is 5.56 Å². The van der Waals surface area contributed by atoms with Crippen molar-refractivity contribution in [2.75, 3.05) is 7.11 Å². The summed E-state index contributed by atoms with van der Waals surface area (Å²) in [6.45, 7) is 1.44. The van der Waals surface area contributed by atoms with E-state index in [0.29, 0.717) is 11.3 Å². The number of benzene rings is 1. The van der Waals surface area contributed by atoms with Gasteiger partial charge in [0.05, 0.1) is 12.7 Å². The van der Waals surface area contributed by atoms with Gasteiger partial charge in [-0.2, -0.15) is 0 Å². The van der Waals surface area contributed by atoms with Gasteiger partial charge >= 0.3 is 0 Å². The standard InChI is InChI=1S/C10H9ClO3/c1-6(12)7-3-4-8(10(11)13)9(5-7)14-2/h3-5H,1-2H3. The lowest BCUT2D eigenvalue weighted by atomic mass is 10.1. The number of halogens is 1. The van der Waals surface area contributed by atoms with E-state index in [2.05, 4.69) is 0 Å². The Morgan fingerprint density at radius 2 is 2.00 bits per heavy atom. The molecule has 0 saturated carbocycles. The molecule has 0 spiro atoms. The second kappa shape index (κ2) is 4.24. The zero-order valence-corrected chi connectivity index (χ0v) is 8.59. The van der Waals surface area contributed by atoms with Gasteiger partial charge in [-0.05, 0) is 30.7 Å². The van der Waals surface area contributed by atoms with Gasteiger partial charge in [0.15, 0.2) is 5.78 Å². The summed E-state index contributed by atoms with van der Waals surface area (Å²) < 4.78 is 4.94. The Morgan fingerprint density at radius 3 is 2.43 bits per heavy atom. The van der Waals surface area contributed by atoms with Crippen molar-refractivity contribution in [3.05, 3.63) is 29.3 Å². The lowest BCUT2D eigenvalue weighted by molar-refractivity contribution is 0.101. The number of hydrogen-bond acceptors (Lipinski definition) is 3. The third kappa shape index (κ3) is 2.12. The molecule has 0 N–H and O–H groups in total. The zero-order valence-electron chi connectivity index (χ0n) is 7.83. The summed E-state index contributed by atoms with van der Waals surface area (Å²) in [7, 11) is 1.42. The van der Waals surface area contributed by atoms with Gasteiger partial charge in [-0.3, -0.25) is 9.59 Å². The molecule has 1 aromatic carbocycles. The van der Waals surface area contributed by atoms with Crippen molar-refractivity contribution < 1.29 is 14.3 Å². The lowest BCUT2D eigenvalue weighted by Gasteiger charge is -2.05. The molecule has 0 aliphatic heterocycles. The highest BCUT2D eigenvalue weighted by molar-refractivity contribution is 6.68. The summed E-state index contributed by atoms with van der Waals surface area (Å²) in [5.74, 6) is 0.231. The maximum absolute atomic E-state index is 11.0. The van der Waals surface area contributed by atoms with E-state index in [1.807, 2.05) is 0 Å². The average Bonchev–Trinajstić information content (AvgIpc) is 2.16. The van der Waals surface area contributed by atoms with Crippen LogP contribution in [0.4, 0.5) is 0 Å². The number of carbonyl (C=O) groups excluding carboxylic acids is 2. The summed E-state index contributed by atoms with van der Waals surface area (Å²) in [4.78, 5) is 21.9. The number of ether oxygens (including phenoxy) is 1. The normalized spacial score (nSPS) is 9.64. The molecule has 0 radical (unpaired) electrons. The number of rotatable bonds is 3. The van der Waals surface area contributed by atoms with E-state index in [1.54, 1.807) is 6.07 Å². The Bertz CT molecular complexity index is 385. The van der Waals surface area contributed by atoms with Crippen molar-refractivity contribution in [2.24, 2.45) is 0 Å². The van der Waals surface area contributed by atoms with Crippen LogP contribution in [-0.2, 0) is 0 Å². The topological polar surface area (TPSA) is 43.4 Å². The Kier molecular flexibility index (Phi) is 3.25. The second-order valence-corrected chi connectivity index (χ2v) is 3.09. The Hall–Kier alpha value is -1.35. The van der Waals surface area contributed by atoms with E-state index in [0.717, 1.165) is 0 Å². The van der Waals surface area contributed by atoms with Crippen LogP contribution in [0.5, 0.6) is 5.75 Å². The van der Waals surface area contributed by atoms with Crippen LogP contribution in [0.15, 0.2) is 18.2 Å². The van der Waals surface area contributed by atoms with Crippen LogP contribution in [0.25, 0.3) is 0 Å². The van der Waals surface area contributed by atoms with Crippen LogP contribution >= 0.6 is 11.6 Å². The molecule has 1 rings (SSSR count). The van der Waals surface area contributed by atoms with Gasteiger partial charge in [0.2, 0.25) is 0 Å². The molecule has 0 atom stereocenters. The van der Waals surface area contributed by atoms with Gasteiger partial charge < -0.3 is 4.74 Å². The minimum atomic E-state index is -0.600. The van der Waals surface area contributed by atoms with Crippen molar-refractivity contribution in [3.8, 4) is 5.75 Å². The van der Waals surface area contributed by atoms with E-state index in [4.69, 9.17) is 16.3 Å². The molecule has 0 aliphatic carbocycles. The molecule has 0 saturated heterocycles. The third-order valence-corrected chi connectivity index (χ3v) is 2.02. The molecule has 14 heavy (non-hydrogen) atoms. The smallest absolute Gasteiger partial charge is 0.256 e.